The summed E-state index contributed by atoms with van der Waals surface area (Å²) in [5.41, 5.74) is -0.350. The molecule has 1 unspecified atom stereocenters. The van der Waals surface area contributed by atoms with Crippen molar-refractivity contribution in [1.29, 1.82) is 0 Å². The first-order valence-electron chi connectivity index (χ1n) is 6.28. The first-order chi connectivity index (χ1) is 7.66. The summed E-state index contributed by atoms with van der Waals surface area (Å²) in [6, 6.07) is 0. The number of hydrogen-bond donors (Lipinski definition) is 1. The maximum Gasteiger partial charge on any atom is 0.209 e. The lowest BCUT2D eigenvalue weighted by atomic mass is 9.85. The topological polar surface area (TPSA) is 69.4 Å². The zero-order valence-corrected chi connectivity index (χ0v) is 12.5. The molecule has 0 aromatic rings. The van der Waals surface area contributed by atoms with Crippen LogP contribution in [0, 0.1) is 11.3 Å². The highest BCUT2D eigenvalue weighted by Gasteiger charge is 2.32. The Morgan fingerprint density at radius 1 is 1.18 bits per heavy atom. The lowest BCUT2D eigenvalue weighted by molar-refractivity contribution is -0.0172. The molecule has 0 aromatic heterocycles. The molecule has 2 N–H and O–H groups in total. The Balaban J connectivity index is 4.62. The second-order valence-electron chi connectivity index (χ2n) is 5.27. The van der Waals surface area contributed by atoms with Crippen molar-refractivity contribution in [2.75, 3.05) is 12.4 Å². The molecule has 0 radical (unpaired) electrons. The van der Waals surface area contributed by atoms with Crippen LogP contribution >= 0.6 is 0 Å². The minimum absolute atomic E-state index is 0.00217. The standard InChI is InChI=1S/C12H27NO3S/c1-6-12(7-2,9-17(13,14)15)8-16-11(5)10(3)4/h10-11H,6-9H2,1-5H3,(H2,13,14,15). The maximum absolute atomic E-state index is 11.3. The Labute approximate surface area is 106 Å². The van der Waals surface area contributed by atoms with Gasteiger partial charge in [0.15, 0.2) is 0 Å². The van der Waals surface area contributed by atoms with E-state index >= 15 is 0 Å². The minimum atomic E-state index is -3.45. The molecule has 0 saturated carbocycles. The Morgan fingerprint density at radius 2 is 1.65 bits per heavy atom. The fraction of sp³-hybridized carbons (Fsp3) is 1.00. The first kappa shape index (κ1) is 16.9. The molecule has 0 amide bonds. The number of primary sulfonamides is 1. The van der Waals surface area contributed by atoms with Crippen molar-refractivity contribution in [3.8, 4) is 0 Å². The third kappa shape index (κ3) is 6.38. The third-order valence-electron chi connectivity index (χ3n) is 3.60. The highest BCUT2D eigenvalue weighted by molar-refractivity contribution is 7.89. The number of ether oxygens (including phenoxy) is 1. The fourth-order valence-electron chi connectivity index (χ4n) is 1.63. The van der Waals surface area contributed by atoms with Crippen LogP contribution in [0.1, 0.15) is 47.5 Å². The van der Waals surface area contributed by atoms with Gasteiger partial charge in [-0.1, -0.05) is 27.7 Å². The van der Waals surface area contributed by atoms with Gasteiger partial charge in [0.2, 0.25) is 10.0 Å². The highest BCUT2D eigenvalue weighted by Crippen LogP contribution is 2.29. The molecule has 0 saturated heterocycles. The van der Waals surface area contributed by atoms with Crippen molar-refractivity contribution < 1.29 is 13.2 Å². The zero-order chi connectivity index (χ0) is 13.7. The highest BCUT2D eigenvalue weighted by atomic mass is 32.2. The smallest absolute Gasteiger partial charge is 0.209 e. The molecular formula is C12H27NO3S. The largest absolute Gasteiger partial charge is 0.378 e. The average molecular weight is 265 g/mol. The van der Waals surface area contributed by atoms with Gasteiger partial charge >= 0.3 is 0 Å². The van der Waals surface area contributed by atoms with E-state index in [1.807, 2.05) is 20.8 Å². The average Bonchev–Trinajstić information content (AvgIpc) is 2.22. The van der Waals surface area contributed by atoms with Gasteiger partial charge in [0.25, 0.3) is 0 Å². The van der Waals surface area contributed by atoms with E-state index in [0.29, 0.717) is 12.5 Å². The van der Waals surface area contributed by atoms with E-state index in [1.165, 1.54) is 0 Å². The molecule has 0 aliphatic carbocycles. The third-order valence-corrected chi connectivity index (χ3v) is 4.61. The fourth-order valence-corrected chi connectivity index (χ4v) is 2.97. The van der Waals surface area contributed by atoms with Crippen molar-refractivity contribution in [1.82, 2.24) is 0 Å². The van der Waals surface area contributed by atoms with Gasteiger partial charge in [-0.25, -0.2) is 13.6 Å². The van der Waals surface area contributed by atoms with Gasteiger partial charge < -0.3 is 4.74 Å². The van der Waals surface area contributed by atoms with E-state index in [2.05, 4.69) is 13.8 Å². The molecule has 0 aromatic carbocycles. The Kier molecular flexibility index (Phi) is 6.66. The van der Waals surface area contributed by atoms with E-state index in [-0.39, 0.29) is 17.3 Å². The van der Waals surface area contributed by atoms with Gasteiger partial charge in [-0.05, 0) is 25.7 Å². The summed E-state index contributed by atoms with van der Waals surface area (Å²) in [6.07, 6.45) is 1.64. The van der Waals surface area contributed by atoms with Gasteiger partial charge in [0, 0.05) is 5.41 Å². The van der Waals surface area contributed by atoms with Gasteiger partial charge in [-0.2, -0.15) is 0 Å². The summed E-state index contributed by atoms with van der Waals surface area (Å²) in [5, 5.41) is 5.16. The second kappa shape index (κ2) is 6.71. The van der Waals surface area contributed by atoms with Gasteiger partial charge in [0.1, 0.15) is 0 Å². The predicted octanol–water partition coefficient (Wildman–Crippen LogP) is 2.14. The number of sulfonamides is 1. The number of hydrogen-bond acceptors (Lipinski definition) is 3. The molecule has 0 bridgehead atoms. The lowest BCUT2D eigenvalue weighted by Gasteiger charge is -2.32. The normalized spacial score (nSPS) is 15.2. The van der Waals surface area contributed by atoms with E-state index in [9.17, 15) is 8.42 Å². The van der Waals surface area contributed by atoms with Crippen LogP contribution in [0.15, 0.2) is 0 Å². The zero-order valence-electron chi connectivity index (χ0n) is 11.7. The van der Waals surface area contributed by atoms with Crippen LogP contribution in [-0.2, 0) is 14.8 Å². The summed E-state index contributed by atoms with van der Waals surface area (Å²) >= 11 is 0. The van der Waals surface area contributed by atoms with E-state index in [1.54, 1.807) is 0 Å². The van der Waals surface area contributed by atoms with Crippen LogP contribution in [-0.4, -0.2) is 26.9 Å². The van der Waals surface area contributed by atoms with Crippen molar-refractivity contribution in [3.63, 3.8) is 0 Å². The second-order valence-corrected chi connectivity index (χ2v) is 6.89. The molecule has 104 valence electrons. The molecule has 0 spiro atoms. The van der Waals surface area contributed by atoms with Crippen molar-refractivity contribution in [3.05, 3.63) is 0 Å². The van der Waals surface area contributed by atoms with Crippen LogP contribution in [0.2, 0.25) is 0 Å². The number of nitrogens with two attached hydrogens (primary N) is 1. The van der Waals surface area contributed by atoms with Crippen LogP contribution in [0.5, 0.6) is 0 Å². The van der Waals surface area contributed by atoms with E-state index in [0.717, 1.165) is 12.8 Å². The van der Waals surface area contributed by atoms with Crippen molar-refractivity contribution in [2.45, 2.75) is 53.6 Å². The quantitative estimate of drug-likeness (QED) is 0.731. The van der Waals surface area contributed by atoms with Gasteiger partial charge in [-0.15, -0.1) is 0 Å². The van der Waals surface area contributed by atoms with E-state index < -0.39 is 10.0 Å². The predicted molar refractivity (Wildman–Crippen MR) is 71.2 cm³/mol. The van der Waals surface area contributed by atoms with Crippen molar-refractivity contribution in [2.24, 2.45) is 16.5 Å². The summed E-state index contributed by atoms with van der Waals surface area (Å²) < 4.78 is 28.3. The molecule has 17 heavy (non-hydrogen) atoms. The monoisotopic (exact) mass is 265 g/mol. The SMILES string of the molecule is CCC(CC)(COC(C)C(C)C)CS(N)(=O)=O. The molecule has 0 aliphatic rings. The molecule has 5 heteroatoms. The molecule has 4 nitrogen and oxygen atoms in total. The molecule has 1 atom stereocenters. The molecule has 0 heterocycles. The summed E-state index contributed by atoms with van der Waals surface area (Å²) in [7, 11) is -3.45. The minimum Gasteiger partial charge on any atom is -0.378 e. The Morgan fingerprint density at radius 3 is 1.94 bits per heavy atom. The summed E-state index contributed by atoms with van der Waals surface area (Å²) in [5.74, 6) is 0.425. The first-order valence-corrected chi connectivity index (χ1v) is 7.99. The molecule has 0 aliphatic heterocycles. The van der Waals surface area contributed by atoms with E-state index in [4.69, 9.17) is 9.88 Å². The Hall–Kier alpha value is -0.130. The number of rotatable bonds is 8. The summed E-state index contributed by atoms with van der Waals surface area (Å²) in [4.78, 5) is 0. The molecule has 0 rings (SSSR count). The van der Waals surface area contributed by atoms with Crippen molar-refractivity contribution >= 4 is 10.0 Å². The van der Waals surface area contributed by atoms with Crippen LogP contribution in [0.3, 0.4) is 0 Å². The maximum atomic E-state index is 11.3. The van der Waals surface area contributed by atoms with Crippen LogP contribution in [0.4, 0.5) is 0 Å². The molecule has 0 fully saturated rings. The van der Waals surface area contributed by atoms with Gasteiger partial charge in [0.05, 0.1) is 18.5 Å². The summed E-state index contributed by atoms with van der Waals surface area (Å²) in [6.45, 7) is 10.6. The van der Waals surface area contributed by atoms with Gasteiger partial charge in [-0.3, -0.25) is 0 Å². The Bertz CT molecular complexity index is 308. The van der Waals surface area contributed by atoms with Crippen LogP contribution < -0.4 is 5.14 Å². The lowest BCUT2D eigenvalue weighted by Crippen LogP contribution is -2.38. The van der Waals surface area contributed by atoms with Crippen LogP contribution in [0.25, 0.3) is 0 Å². The molecular weight excluding hydrogens is 238 g/mol.